The summed E-state index contributed by atoms with van der Waals surface area (Å²) in [6.07, 6.45) is 0.434. The Morgan fingerprint density at radius 3 is 2.35 bits per heavy atom. The van der Waals surface area contributed by atoms with Crippen molar-refractivity contribution in [3.05, 3.63) is 29.8 Å². The zero-order chi connectivity index (χ0) is 15.0. The molecule has 5 heteroatoms. The molecule has 0 spiro atoms. The summed E-state index contributed by atoms with van der Waals surface area (Å²) in [5.41, 5.74) is 1.29. The number of carbonyl (C=O) groups excluding carboxylic acids is 2. The summed E-state index contributed by atoms with van der Waals surface area (Å²) in [4.78, 5) is 23.4. The van der Waals surface area contributed by atoms with Gasteiger partial charge in [-0.2, -0.15) is 0 Å². The molecule has 0 radical (unpaired) electrons. The smallest absolute Gasteiger partial charge is 0.251 e. The largest absolute Gasteiger partial charge is 0.350 e. The van der Waals surface area contributed by atoms with Gasteiger partial charge in [-0.3, -0.25) is 9.59 Å². The van der Waals surface area contributed by atoms with Crippen molar-refractivity contribution < 1.29 is 9.59 Å². The van der Waals surface area contributed by atoms with Crippen LogP contribution in [-0.2, 0) is 4.79 Å². The van der Waals surface area contributed by atoms with Crippen LogP contribution in [0.3, 0.4) is 0 Å². The second-order valence-corrected chi connectivity index (χ2v) is 4.86. The minimum Gasteiger partial charge on any atom is -0.350 e. The summed E-state index contributed by atoms with van der Waals surface area (Å²) in [6.45, 7) is 7.34. The van der Waals surface area contributed by atoms with Gasteiger partial charge in [-0.25, -0.2) is 0 Å². The van der Waals surface area contributed by atoms with E-state index in [1.54, 1.807) is 24.3 Å². The Morgan fingerprint density at radius 2 is 1.80 bits per heavy atom. The third-order valence-electron chi connectivity index (χ3n) is 2.63. The van der Waals surface area contributed by atoms with E-state index in [1.165, 1.54) is 0 Å². The molecule has 0 aliphatic carbocycles. The Hall–Kier alpha value is -1.88. The number of hydrogen-bond donors (Lipinski definition) is 3. The molecule has 1 aromatic carbocycles. The lowest BCUT2D eigenvalue weighted by molar-refractivity contribution is -0.116. The molecule has 0 saturated carbocycles. The first-order valence-electron chi connectivity index (χ1n) is 6.94. The molecule has 0 bridgehead atoms. The minimum atomic E-state index is -0.106. The standard InChI is InChI=1S/C15H23N3O2/c1-4-16-10-9-14(19)18-13-7-5-12(6-8-13)15(20)17-11(2)3/h5-8,11,16H,4,9-10H2,1-3H3,(H,17,20)(H,18,19). The van der Waals surface area contributed by atoms with Crippen molar-refractivity contribution in [1.29, 1.82) is 0 Å². The summed E-state index contributed by atoms with van der Waals surface area (Å²) in [5, 5.41) is 8.71. The number of rotatable bonds is 7. The Morgan fingerprint density at radius 1 is 1.15 bits per heavy atom. The maximum Gasteiger partial charge on any atom is 0.251 e. The van der Waals surface area contributed by atoms with Crippen LogP contribution >= 0.6 is 0 Å². The highest BCUT2D eigenvalue weighted by Crippen LogP contribution is 2.10. The van der Waals surface area contributed by atoms with Crippen molar-refractivity contribution in [3.63, 3.8) is 0 Å². The van der Waals surface area contributed by atoms with E-state index in [2.05, 4.69) is 16.0 Å². The zero-order valence-corrected chi connectivity index (χ0v) is 12.3. The third-order valence-corrected chi connectivity index (χ3v) is 2.63. The molecule has 0 aliphatic heterocycles. The summed E-state index contributed by atoms with van der Waals surface area (Å²) in [6, 6.07) is 6.99. The van der Waals surface area contributed by atoms with E-state index in [1.807, 2.05) is 20.8 Å². The number of amides is 2. The van der Waals surface area contributed by atoms with Crippen molar-refractivity contribution in [3.8, 4) is 0 Å². The van der Waals surface area contributed by atoms with Crippen LogP contribution in [0.5, 0.6) is 0 Å². The van der Waals surface area contributed by atoms with Crippen LogP contribution < -0.4 is 16.0 Å². The van der Waals surface area contributed by atoms with Crippen LogP contribution in [0.4, 0.5) is 5.69 Å². The van der Waals surface area contributed by atoms with Gasteiger partial charge in [-0.15, -0.1) is 0 Å². The summed E-state index contributed by atoms with van der Waals surface area (Å²) >= 11 is 0. The van der Waals surface area contributed by atoms with Gasteiger partial charge >= 0.3 is 0 Å². The number of carbonyl (C=O) groups is 2. The van der Waals surface area contributed by atoms with Crippen LogP contribution in [0.2, 0.25) is 0 Å². The fourth-order valence-electron chi connectivity index (χ4n) is 1.65. The highest BCUT2D eigenvalue weighted by atomic mass is 16.2. The lowest BCUT2D eigenvalue weighted by atomic mass is 10.2. The molecule has 0 fully saturated rings. The molecule has 20 heavy (non-hydrogen) atoms. The van der Waals surface area contributed by atoms with Crippen molar-refractivity contribution in [2.45, 2.75) is 33.2 Å². The molecular weight excluding hydrogens is 254 g/mol. The summed E-state index contributed by atoms with van der Waals surface area (Å²) < 4.78 is 0. The van der Waals surface area contributed by atoms with E-state index < -0.39 is 0 Å². The lowest BCUT2D eigenvalue weighted by Gasteiger charge is -2.09. The SMILES string of the molecule is CCNCCC(=O)Nc1ccc(C(=O)NC(C)C)cc1. The molecule has 1 aromatic rings. The van der Waals surface area contributed by atoms with Crippen molar-refractivity contribution in [2.24, 2.45) is 0 Å². The van der Waals surface area contributed by atoms with Crippen LogP contribution in [0, 0.1) is 0 Å². The van der Waals surface area contributed by atoms with Gasteiger partial charge < -0.3 is 16.0 Å². The first-order valence-corrected chi connectivity index (χ1v) is 6.94. The van der Waals surface area contributed by atoms with Crippen LogP contribution in [0.15, 0.2) is 24.3 Å². The number of nitrogens with one attached hydrogen (secondary N) is 3. The molecule has 1 rings (SSSR count). The van der Waals surface area contributed by atoms with Gasteiger partial charge in [0.2, 0.25) is 5.91 Å². The molecule has 0 aliphatic rings. The molecule has 3 N–H and O–H groups in total. The lowest BCUT2D eigenvalue weighted by Crippen LogP contribution is -2.30. The highest BCUT2D eigenvalue weighted by molar-refractivity contribution is 5.95. The number of benzene rings is 1. The molecular formula is C15H23N3O2. The molecule has 0 saturated heterocycles. The van der Waals surface area contributed by atoms with Crippen LogP contribution in [-0.4, -0.2) is 30.9 Å². The van der Waals surface area contributed by atoms with E-state index in [4.69, 9.17) is 0 Å². The van der Waals surface area contributed by atoms with Gasteiger partial charge in [0.1, 0.15) is 0 Å². The van der Waals surface area contributed by atoms with Gasteiger partial charge in [-0.05, 0) is 44.7 Å². The molecule has 0 atom stereocenters. The zero-order valence-electron chi connectivity index (χ0n) is 12.3. The first-order chi connectivity index (χ1) is 9.52. The van der Waals surface area contributed by atoms with Gasteiger partial charge in [0.25, 0.3) is 5.91 Å². The van der Waals surface area contributed by atoms with E-state index in [9.17, 15) is 9.59 Å². The van der Waals surface area contributed by atoms with Gasteiger partial charge in [0, 0.05) is 30.3 Å². The number of hydrogen-bond acceptors (Lipinski definition) is 3. The second kappa shape index (κ2) is 8.32. The summed E-state index contributed by atoms with van der Waals surface area (Å²) in [7, 11) is 0. The first kappa shape index (κ1) is 16.2. The second-order valence-electron chi connectivity index (χ2n) is 4.86. The predicted molar refractivity (Wildman–Crippen MR) is 80.8 cm³/mol. The highest BCUT2D eigenvalue weighted by Gasteiger charge is 2.07. The fourth-order valence-corrected chi connectivity index (χ4v) is 1.65. The molecule has 5 nitrogen and oxygen atoms in total. The Labute approximate surface area is 120 Å². The minimum absolute atomic E-state index is 0.0367. The summed E-state index contributed by atoms with van der Waals surface area (Å²) in [5.74, 6) is -0.143. The number of anilines is 1. The predicted octanol–water partition coefficient (Wildman–Crippen LogP) is 1.76. The molecule has 0 aromatic heterocycles. The Kier molecular flexibility index (Phi) is 6.73. The average molecular weight is 277 g/mol. The van der Waals surface area contributed by atoms with Gasteiger partial charge in [-0.1, -0.05) is 6.92 Å². The van der Waals surface area contributed by atoms with Crippen LogP contribution in [0.1, 0.15) is 37.6 Å². The maximum atomic E-state index is 11.8. The average Bonchev–Trinajstić information content (AvgIpc) is 2.39. The van der Waals surface area contributed by atoms with E-state index in [0.717, 1.165) is 6.54 Å². The monoisotopic (exact) mass is 277 g/mol. The molecule has 0 unspecified atom stereocenters. The van der Waals surface area contributed by atoms with Crippen molar-refractivity contribution >= 4 is 17.5 Å². The van der Waals surface area contributed by atoms with Crippen LogP contribution in [0.25, 0.3) is 0 Å². The molecule has 110 valence electrons. The topological polar surface area (TPSA) is 70.2 Å². The van der Waals surface area contributed by atoms with Crippen molar-refractivity contribution in [2.75, 3.05) is 18.4 Å². The Bertz CT molecular complexity index is 441. The fraction of sp³-hybridized carbons (Fsp3) is 0.467. The van der Waals surface area contributed by atoms with E-state index >= 15 is 0 Å². The van der Waals surface area contributed by atoms with E-state index in [-0.39, 0.29) is 17.9 Å². The quantitative estimate of drug-likeness (QED) is 0.665. The molecule has 0 heterocycles. The Balaban J connectivity index is 2.50. The van der Waals surface area contributed by atoms with E-state index in [0.29, 0.717) is 24.2 Å². The van der Waals surface area contributed by atoms with Gasteiger partial charge in [0.15, 0.2) is 0 Å². The van der Waals surface area contributed by atoms with Crippen molar-refractivity contribution in [1.82, 2.24) is 10.6 Å². The third kappa shape index (κ3) is 5.84. The molecule has 2 amide bonds. The normalized spacial score (nSPS) is 10.4. The van der Waals surface area contributed by atoms with Gasteiger partial charge in [0.05, 0.1) is 0 Å². The maximum absolute atomic E-state index is 11.8.